The number of nitrogens with one attached hydrogen (secondary N) is 1. The van der Waals surface area contributed by atoms with Gasteiger partial charge >= 0.3 is 0 Å². The minimum Gasteiger partial charge on any atom is -0.496 e. The van der Waals surface area contributed by atoms with Gasteiger partial charge in [0.25, 0.3) is 5.91 Å². The fourth-order valence-electron chi connectivity index (χ4n) is 1.91. The van der Waals surface area contributed by atoms with E-state index in [-0.39, 0.29) is 5.91 Å². The number of aromatic nitrogens is 1. The second-order valence-corrected chi connectivity index (χ2v) is 5.58. The molecule has 0 atom stereocenters. The summed E-state index contributed by atoms with van der Waals surface area (Å²) < 4.78 is 7.86. The van der Waals surface area contributed by atoms with Gasteiger partial charge in [-0.1, -0.05) is 17.7 Å². The van der Waals surface area contributed by atoms with E-state index in [4.69, 9.17) is 16.3 Å². The summed E-state index contributed by atoms with van der Waals surface area (Å²) in [5, 5.41) is 3.41. The fourth-order valence-corrected chi connectivity index (χ4v) is 2.67. The SMILES string of the molecule is COc1cccc(Cl)c1CNC(=O)c1cc(Br)cn1C. The van der Waals surface area contributed by atoms with E-state index < -0.39 is 0 Å². The van der Waals surface area contributed by atoms with Crippen LogP contribution in [0, 0.1) is 0 Å². The first-order valence-electron chi connectivity index (χ1n) is 5.94. The van der Waals surface area contributed by atoms with Crippen LogP contribution in [0.4, 0.5) is 0 Å². The van der Waals surface area contributed by atoms with Gasteiger partial charge in [-0.05, 0) is 34.1 Å². The van der Waals surface area contributed by atoms with Crippen LogP contribution in [0.1, 0.15) is 16.1 Å². The van der Waals surface area contributed by atoms with Crippen LogP contribution in [-0.4, -0.2) is 17.6 Å². The summed E-state index contributed by atoms with van der Waals surface area (Å²) in [7, 11) is 3.39. The number of hydrogen-bond acceptors (Lipinski definition) is 2. The van der Waals surface area contributed by atoms with Crippen molar-refractivity contribution in [2.75, 3.05) is 7.11 Å². The fraction of sp³-hybridized carbons (Fsp3) is 0.214. The highest BCUT2D eigenvalue weighted by Gasteiger charge is 2.13. The van der Waals surface area contributed by atoms with Gasteiger partial charge in [0.1, 0.15) is 11.4 Å². The van der Waals surface area contributed by atoms with Crippen LogP contribution in [0.25, 0.3) is 0 Å². The Bertz CT molecular complexity index is 640. The molecule has 1 amide bonds. The molecule has 6 heteroatoms. The van der Waals surface area contributed by atoms with Crippen LogP contribution in [0.2, 0.25) is 5.02 Å². The van der Waals surface area contributed by atoms with Gasteiger partial charge in [0.15, 0.2) is 0 Å². The Hall–Kier alpha value is -1.46. The third-order valence-corrected chi connectivity index (χ3v) is 3.71. The normalized spacial score (nSPS) is 10.4. The van der Waals surface area contributed by atoms with Crippen LogP contribution in [0.5, 0.6) is 5.75 Å². The number of benzene rings is 1. The average molecular weight is 358 g/mol. The lowest BCUT2D eigenvalue weighted by Crippen LogP contribution is -2.25. The molecule has 2 rings (SSSR count). The molecular formula is C14H14BrClN2O2. The Morgan fingerprint density at radius 3 is 2.85 bits per heavy atom. The van der Waals surface area contributed by atoms with Crippen molar-refractivity contribution < 1.29 is 9.53 Å². The van der Waals surface area contributed by atoms with Gasteiger partial charge in [-0.25, -0.2) is 0 Å². The van der Waals surface area contributed by atoms with E-state index in [1.807, 2.05) is 19.3 Å². The summed E-state index contributed by atoms with van der Waals surface area (Å²) in [5.74, 6) is 0.492. The second-order valence-electron chi connectivity index (χ2n) is 4.26. The first-order valence-corrected chi connectivity index (χ1v) is 7.11. The van der Waals surface area contributed by atoms with Gasteiger partial charge < -0.3 is 14.6 Å². The van der Waals surface area contributed by atoms with Crippen molar-refractivity contribution >= 4 is 33.4 Å². The number of carbonyl (C=O) groups is 1. The maximum atomic E-state index is 12.1. The molecular weight excluding hydrogens is 344 g/mol. The monoisotopic (exact) mass is 356 g/mol. The molecule has 0 bridgehead atoms. The summed E-state index contributed by atoms with van der Waals surface area (Å²) in [4.78, 5) is 12.1. The Labute approximate surface area is 130 Å². The number of halogens is 2. The number of ether oxygens (including phenoxy) is 1. The van der Waals surface area contributed by atoms with Gasteiger partial charge in [0.05, 0.1) is 7.11 Å². The number of nitrogens with zero attached hydrogens (tertiary/aromatic N) is 1. The zero-order valence-corrected chi connectivity index (χ0v) is 13.5. The molecule has 0 spiro atoms. The molecule has 0 aliphatic rings. The molecule has 2 aromatic rings. The van der Waals surface area contributed by atoms with Crippen molar-refractivity contribution in [3.63, 3.8) is 0 Å². The van der Waals surface area contributed by atoms with E-state index in [1.165, 1.54) is 0 Å². The van der Waals surface area contributed by atoms with E-state index in [9.17, 15) is 4.79 Å². The lowest BCUT2D eigenvalue weighted by Gasteiger charge is -2.11. The van der Waals surface area contributed by atoms with Crippen LogP contribution < -0.4 is 10.1 Å². The Morgan fingerprint density at radius 1 is 1.50 bits per heavy atom. The quantitative estimate of drug-likeness (QED) is 0.911. The first kappa shape index (κ1) is 14.9. The molecule has 0 unspecified atom stereocenters. The Kier molecular flexibility index (Phi) is 4.73. The van der Waals surface area contributed by atoms with E-state index in [0.29, 0.717) is 23.0 Å². The van der Waals surface area contributed by atoms with Crippen molar-refractivity contribution in [1.82, 2.24) is 9.88 Å². The van der Waals surface area contributed by atoms with Crippen LogP contribution in [0.3, 0.4) is 0 Å². The van der Waals surface area contributed by atoms with E-state index in [2.05, 4.69) is 21.2 Å². The molecule has 4 nitrogen and oxygen atoms in total. The van der Waals surface area contributed by atoms with E-state index in [1.54, 1.807) is 29.9 Å². The molecule has 0 saturated heterocycles. The molecule has 0 aliphatic carbocycles. The van der Waals surface area contributed by atoms with Gasteiger partial charge in [0.2, 0.25) is 0 Å². The predicted molar refractivity (Wildman–Crippen MR) is 82.3 cm³/mol. The van der Waals surface area contributed by atoms with E-state index in [0.717, 1.165) is 10.0 Å². The van der Waals surface area contributed by atoms with E-state index >= 15 is 0 Å². The van der Waals surface area contributed by atoms with Gasteiger partial charge in [-0.3, -0.25) is 4.79 Å². The molecule has 106 valence electrons. The lowest BCUT2D eigenvalue weighted by atomic mass is 10.2. The predicted octanol–water partition coefficient (Wildman–Crippen LogP) is 3.38. The highest BCUT2D eigenvalue weighted by molar-refractivity contribution is 9.10. The summed E-state index contributed by atoms with van der Waals surface area (Å²) >= 11 is 9.47. The molecule has 1 aromatic heterocycles. The minimum absolute atomic E-state index is 0.167. The number of carbonyl (C=O) groups excluding carboxylic acids is 1. The van der Waals surface area contributed by atoms with Gasteiger partial charge in [-0.15, -0.1) is 0 Å². The minimum atomic E-state index is -0.167. The number of methoxy groups -OCH3 is 1. The maximum absolute atomic E-state index is 12.1. The van der Waals surface area contributed by atoms with Crippen LogP contribution in [0.15, 0.2) is 34.9 Å². The van der Waals surface area contributed by atoms with Gasteiger partial charge in [0, 0.05) is 34.8 Å². The zero-order chi connectivity index (χ0) is 14.7. The van der Waals surface area contributed by atoms with Crippen molar-refractivity contribution in [3.8, 4) is 5.75 Å². The van der Waals surface area contributed by atoms with Crippen molar-refractivity contribution in [1.29, 1.82) is 0 Å². The molecule has 20 heavy (non-hydrogen) atoms. The molecule has 0 radical (unpaired) electrons. The summed E-state index contributed by atoms with van der Waals surface area (Å²) in [6.45, 7) is 0.310. The van der Waals surface area contributed by atoms with Crippen LogP contribution >= 0.6 is 27.5 Å². The Balaban J connectivity index is 2.13. The standard InChI is InChI=1S/C14H14BrClN2O2/c1-18-8-9(15)6-12(18)14(19)17-7-10-11(16)4-3-5-13(10)20-2/h3-6,8H,7H2,1-2H3,(H,17,19). The molecule has 1 heterocycles. The molecule has 0 fully saturated rings. The highest BCUT2D eigenvalue weighted by atomic mass is 79.9. The lowest BCUT2D eigenvalue weighted by molar-refractivity contribution is 0.0942. The number of rotatable bonds is 4. The summed E-state index contributed by atoms with van der Waals surface area (Å²) in [5.41, 5.74) is 1.33. The van der Waals surface area contributed by atoms with Crippen LogP contribution in [-0.2, 0) is 13.6 Å². The Morgan fingerprint density at radius 2 is 2.25 bits per heavy atom. The largest absolute Gasteiger partial charge is 0.496 e. The zero-order valence-electron chi connectivity index (χ0n) is 11.1. The van der Waals surface area contributed by atoms with Crippen molar-refractivity contribution in [2.45, 2.75) is 6.54 Å². The second kappa shape index (κ2) is 6.33. The average Bonchev–Trinajstić information content (AvgIpc) is 2.75. The summed E-state index contributed by atoms with van der Waals surface area (Å²) in [6.07, 6.45) is 1.82. The van der Waals surface area contributed by atoms with Crippen molar-refractivity contribution in [2.24, 2.45) is 7.05 Å². The highest BCUT2D eigenvalue weighted by Crippen LogP contribution is 2.26. The maximum Gasteiger partial charge on any atom is 0.268 e. The summed E-state index contributed by atoms with van der Waals surface area (Å²) in [6, 6.07) is 7.15. The van der Waals surface area contributed by atoms with Crippen molar-refractivity contribution in [3.05, 3.63) is 51.2 Å². The molecule has 1 N–H and O–H groups in total. The number of hydrogen-bond donors (Lipinski definition) is 1. The number of aryl methyl sites for hydroxylation is 1. The molecule has 0 aliphatic heterocycles. The number of amides is 1. The molecule has 0 saturated carbocycles. The third kappa shape index (κ3) is 3.16. The first-order chi connectivity index (χ1) is 9.52. The topological polar surface area (TPSA) is 43.3 Å². The van der Waals surface area contributed by atoms with Gasteiger partial charge in [-0.2, -0.15) is 0 Å². The smallest absolute Gasteiger partial charge is 0.268 e. The molecule has 1 aromatic carbocycles. The third-order valence-electron chi connectivity index (χ3n) is 2.93.